The molecule has 0 spiro atoms. The van der Waals surface area contributed by atoms with E-state index < -0.39 is 22.0 Å². The summed E-state index contributed by atoms with van der Waals surface area (Å²) >= 11 is 0. The monoisotopic (exact) mass is 561 g/mol. The normalized spacial score (nSPS) is 23.8. The molecule has 5 rings (SSSR count). The summed E-state index contributed by atoms with van der Waals surface area (Å²) in [5.74, 6) is -0.968. The third kappa shape index (κ3) is 4.19. The van der Waals surface area contributed by atoms with Gasteiger partial charge in [-0.15, -0.1) is 13.2 Å². The maximum Gasteiger partial charge on any atom is 0.326 e. The Hall–Kier alpha value is -3.39. The van der Waals surface area contributed by atoms with Gasteiger partial charge in [0.2, 0.25) is 5.91 Å². The van der Waals surface area contributed by atoms with Crippen LogP contribution < -0.4 is 8.61 Å². The lowest BCUT2D eigenvalue weighted by Crippen LogP contribution is -2.62. The number of fused-ring (bicyclic) bond motifs is 1. The van der Waals surface area contributed by atoms with Gasteiger partial charge in [0.25, 0.3) is 0 Å². The van der Waals surface area contributed by atoms with Gasteiger partial charge in [-0.2, -0.15) is 8.42 Å². The summed E-state index contributed by atoms with van der Waals surface area (Å²) in [6.45, 7) is 13.7. The summed E-state index contributed by atoms with van der Waals surface area (Å²) < 4.78 is 31.0. The van der Waals surface area contributed by atoms with Crippen molar-refractivity contribution in [2.75, 3.05) is 22.2 Å². The molecule has 0 N–H and O–H groups in total. The van der Waals surface area contributed by atoms with Gasteiger partial charge < -0.3 is 4.90 Å². The molecule has 4 atom stereocenters. The minimum atomic E-state index is -3.88. The molecule has 2 aromatic rings. The number of anilines is 2. The van der Waals surface area contributed by atoms with E-state index in [4.69, 9.17) is 0 Å². The lowest BCUT2D eigenvalue weighted by atomic mass is 9.72. The van der Waals surface area contributed by atoms with Crippen molar-refractivity contribution in [1.29, 1.82) is 0 Å². The van der Waals surface area contributed by atoms with Crippen molar-refractivity contribution >= 4 is 44.0 Å². The molecule has 3 aliphatic rings. The summed E-state index contributed by atoms with van der Waals surface area (Å²) in [5, 5.41) is 1.93. The van der Waals surface area contributed by atoms with Crippen LogP contribution in [0.25, 0.3) is 10.8 Å². The second-order valence-electron chi connectivity index (χ2n) is 11.3. The fraction of sp³-hybridized carbons (Fsp3) is 0.438. The largest absolute Gasteiger partial charge is 0.326 e. The van der Waals surface area contributed by atoms with Gasteiger partial charge >= 0.3 is 10.2 Å². The molecule has 0 saturated carbocycles. The van der Waals surface area contributed by atoms with Crippen LogP contribution in [0.1, 0.15) is 52.0 Å². The Balaban J connectivity index is 1.58. The first-order valence-electron chi connectivity index (χ1n) is 14.2. The number of nitrogens with zero attached hydrogens (tertiary/aromatic N) is 3. The molecule has 2 aromatic carbocycles. The van der Waals surface area contributed by atoms with Gasteiger partial charge in [0.05, 0.1) is 29.9 Å². The van der Waals surface area contributed by atoms with Crippen LogP contribution in [0.5, 0.6) is 0 Å². The molecular formula is C32H39N3O4S. The van der Waals surface area contributed by atoms with E-state index in [0.717, 1.165) is 40.4 Å². The van der Waals surface area contributed by atoms with Crippen LogP contribution in [0.3, 0.4) is 0 Å². The first kappa shape index (κ1) is 28.1. The van der Waals surface area contributed by atoms with Gasteiger partial charge in [0.1, 0.15) is 5.78 Å². The Kier molecular flexibility index (Phi) is 7.42. The van der Waals surface area contributed by atoms with Crippen molar-refractivity contribution < 1.29 is 18.0 Å². The van der Waals surface area contributed by atoms with Gasteiger partial charge in [0.15, 0.2) is 0 Å². The van der Waals surface area contributed by atoms with Crippen molar-refractivity contribution in [3.8, 4) is 0 Å². The van der Waals surface area contributed by atoms with Gasteiger partial charge in [-0.05, 0) is 47.9 Å². The zero-order valence-electron chi connectivity index (χ0n) is 23.9. The fourth-order valence-corrected chi connectivity index (χ4v) is 8.24. The Morgan fingerprint density at radius 2 is 1.88 bits per heavy atom. The third-order valence-corrected chi connectivity index (χ3v) is 10.7. The van der Waals surface area contributed by atoms with E-state index in [1.807, 2.05) is 42.2 Å². The van der Waals surface area contributed by atoms with E-state index in [1.165, 1.54) is 8.61 Å². The van der Waals surface area contributed by atoms with Crippen LogP contribution in [0.15, 0.2) is 66.9 Å². The Morgan fingerprint density at radius 3 is 2.55 bits per heavy atom. The number of carbonyl (C=O) groups excluding carboxylic acids is 2. The van der Waals surface area contributed by atoms with Crippen molar-refractivity contribution in [1.82, 2.24) is 4.90 Å². The molecular weight excluding hydrogens is 522 g/mol. The molecule has 0 radical (unpaired) electrons. The molecule has 0 aromatic heterocycles. The van der Waals surface area contributed by atoms with E-state index in [1.54, 1.807) is 13.1 Å². The summed E-state index contributed by atoms with van der Waals surface area (Å²) in [7, 11) is -2.26. The molecule has 0 bridgehead atoms. The van der Waals surface area contributed by atoms with Crippen molar-refractivity contribution in [3.05, 3.63) is 72.5 Å². The zero-order valence-corrected chi connectivity index (χ0v) is 24.7. The number of benzene rings is 2. The standard InChI is InChI=1S/C32H39N3O4S/c1-7-10-15-25-24(20(4)31-29(32(37)35(25)31)21(5)28(36)13-9-3)19-34-26-16-11-14-23-17-22(12-8-2)18-27(30(23)26)33(6)40(34,38)39/h7,9,11,14,16-18,20-21,29,31H,1,3,8,10,12-13,15,19H2,2,4-6H3/t20-,21-,29+,31+/m0/s1. The molecule has 7 nitrogen and oxygen atoms in total. The highest BCUT2D eigenvalue weighted by molar-refractivity contribution is 7.94. The van der Waals surface area contributed by atoms with E-state index in [0.29, 0.717) is 24.2 Å². The SMILES string of the molecule is C=CCCC1=C(CN2c3cccc4cc(CCC)cc(c34)N(C)S2(=O)=O)[C@H](C)[C@@H]2[C@@H]([C@@H](C)C(=O)CC=C)C(=O)N12. The van der Waals surface area contributed by atoms with Crippen molar-refractivity contribution in [2.24, 2.45) is 17.8 Å². The average molecular weight is 562 g/mol. The smallest absolute Gasteiger partial charge is 0.311 e. The fourth-order valence-electron chi connectivity index (χ4n) is 6.85. The quantitative estimate of drug-likeness (QED) is 0.258. The number of aryl methyl sites for hydroxylation is 1. The topological polar surface area (TPSA) is 78.0 Å². The van der Waals surface area contributed by atoms with Crippen LogP contribution in [0, 0.1) is 17.8 Å². The maximum absolute atomic E-state index is 14.1. The minimum absolute atomic E-state index is 0.00671. The van der Waals surface area contributed by atoms with E-state index in [2.05, 4.69) is 33.1 Å². The van der Waals surface area contributed by atoms with Crippen LogP contribution in [0.4, 0.5) is 11.4 Å². The second-order valence-corrected chi connectivity index (χ2v) is 13.2. The van der Waals surface area contributed by atoms with Gasteiger partial charge in [-0.3, -0.25) is 13.9 Å². The highest BCUT2D eigenvalue weighted by Crippen LogP contribution is 2.51. The van der Waals surface area contributed by atoms with Gasteiger partial charge in [-0.1, -0.05) is 57.5 Å². The number of rotatable bonds is 11. The molecule has 212 valence electrons. The molecule has 3 aliphatic heterocycles. The zero-order chi connectivity index (χ0) is 28.9. The van der Waals surface area contributed by atoms with Crippen LogP contribution in [0.2, 0.25) is 0 Å². The second kappa shape index (κ2) is 10.5. The van der Waals surface area contributed by atoms with Crippen LogP contribution in [-0.4, -0.2) is 44.6 Å². The van der Waals surface area contributed by atoms with Crippen molar-refractivity contribution in [3.63, 3.8) is 0 Å². The van der Waals surface area contributed by atoms with Crippen LogP contribution >= 0.6 is 0 Å². The number of hydrogen-bond acceptors (Lipinski definition) is 4. The highest BCUT2D eigenvalue weighted by Gasteiger charge is 2.59. The average Bonchev–Trinajstić information content (AvgIpc) is 3.15. The summed E-state index contributed by atoms with van der Waals surface area (Å²) in [6, 6.07) is 9.81. The Labute approximate surface area is 238 Å². The Morgan fingerprint density at radius 1 is 1.12 bits per heavy atom. The van der Waals surface area contributed by atoms with Gasteiger partial charge in [-0.25, -0.2) is 4.31 Å². The van der Waals surface area contributed by atoms with E-state index in [9.17, 15) is 18.0 Å². The molecule has 0 unspecified atom stereocenters. The van der Waals surface area contributed by atoms with Crippen molar-refractivity contribution in [2.45, 2.75) is 58.9 Å². The number of carbonyl (C=O) groups is 2. The number of hydrogen-bond donors (Lipinski definition) is 0. The van der Waals surface area contributed by atoms with Crippen LogP contribution in [-0.2, 0) is 26.2 Å². The summed E-state index contributed by atoms with van der Waals surface area (Å²) in [4.78, 5) is 28.0. The van der Waals surface area contributed by atoms with E-state index in [-0.39, 0.29) is 36.6 Å². The highest BCUT2D eigenvalue weighted by atomic mass is 32.2. The molecule has 0 aliphatic carbocycles. The number of β-lactam (4-membered cyclic amide) rings is 1. The molecule has 3 heterocycles. The summed E-state index contributed by atoms with van der Waals surface area (Å²) in [6.07, 6.45) is 6.75. The molecule has 1 fully saturated rings. The lowest BCUT2D eigenvalue weighted by Gasteiger charge is -2.48. The maximum atomic E-state index is 14.1. The number of ketones is 1. The predicted octanol–water partition coefficient (Wildman–Crippen LogP) is 5.77. The molecule has 8 heteroatoms. The number of allylic oxidation sites excluding steroid dienone is 3. The summed E-state index contributed by atoms with van der Waals surface area (Å²) in [5.41, 5.74) is 4.28. The first-order valence-corrected chi connectivity index (χ1v) is 15.6. The Bertz CT molecular complexity index is 1540. The predicted molar refractivity (Wildman–Crippen MR) is 161 cm³/mol. The first-order chi connectivity index (χ1) is 19.1. The van der Waals surface area contributed by atoms with E-state index >= 15 is 0 Å². The number of amides is 1. The lowest BCUT2D eigenvalue weighted by molar-refractivity contribution is -0.159. The molecule has 40 heavy (non-hydrogen) atoms. The molecule has 1 saturated heterocycles. The third-order valence-electron chi connectivity index (χ3n) is 8.97. The number of Topliss-reactive ketones (excluding diaryl/α,β-unsaturated/α-hetero) is 1. The van der Waals surface area contributed by atoms with Gasteiger partial charge in [0, 0.05) is 36.4 Å². The minimum Gasteiger partial charge on any atom is -0.311 e. The molecule has 1 amide bonds.